The number of rotatable bonds is 8. The molecule has 0 unspecified atom stereocenters. The minimum atomic E-state index is -2.76. The Morgan fingerprint density at radius 2 is 1.77 bits per heavy atom. The summed E-state index contributed by atoms with van der Waals surface area (Å²) in [5.41, 5.74) is 3.24. The van der Waals surface area contributed by atoms with Gasteiger partial charge in [0.1, 0.15) is 29.4 Å². The van der Waals surface area contributed by atoms with Crippen LogP contribution in [0.1, 0.15) is 34.8 Å². The molecule has 0 aliphatic heterocycles. The first-order valence-corrected chi connectivity index (χ1v) is 15.3. The number of phenols is 1. The number of carbonyl (C=O) groups excluding carboxylic acids is 5. The molecule has 7 N–H and O–H groups in total. The monoisotopic (exact) mass is 662 g/mol. The number of nitrogens with one attached hydrogen (secondary N) is 1. The Labute approximate surface area is 276 Å². The summed E-state index contributed by atoms with van der Waals surface area (Å²) in [4.78, 5) is 67.6. The van der Waals surface area contributed by atoms with Crippen LogP contribution >= 0.6 is 0 Å². The van der Waals surface area contributed by atoms with Crippen molar-refractivity contribution in [3.05, 3.63) is 63.9 Å². The lowest BCUT2D eigenvalue weighted by Crippen LogP contribution is -2.65. The number of Topliss-reactive ketones (excluding diaryl/α,β-unsaturated/α-hetero) is 2. The van der Waals surface area contributed by atoms with Gasteiger partial charge in [-0.15, -0.1) is 0 Å². The van der Waals surface area contributed by atoms with E-state index in [0.29, 0.717) is 16.8 Å². The molecule has 2 aromatic rings. The summed E-state index contributed by atoms with van der Waals surface area (Å²) < 4.78 is 4.85. The topological polar surface area (TPSA) is 220 Å². The third kappa shape index (κ3) is 5.26. The fourth-order valence-corrected chi connectivity index (χ4v) is 7.21. The molecule has 0 heterocycles. The molecule has 254 valence electrons. The summed E-state index contributed by atoms with van der Waals surface area (Å²) >= 11 is 0. The van der Waals surface area contributed by atoms with Gasteiger partial charge in [0.25, 0.3) is 11.8 Å². The number of fused-ring (bicyclic) bond motifs is 3. The third-order valence-electron chi connectivity index (χ3n) is 9.31. The standard InChI is InChI=1S/C34H38N4O10/c1-6-48-22(39)14-36-33(46)16-9-7-8-15(10-16)18-13-21(37(2)3)19-11-17-12-20-26(38(4)5)29(42)25(32(35)45)31(44)34(20,47)30(43)23(17)28(41)24(19)27(18)40/h7-10,13,17,20,26,40-41,44,47H,6,11-12,14H2,1-5H3,(H2,35,45)(H,36,46)/t17-,20-,26-,34+/m1/s1. The van der Waals surface area contributed by atoms with Gasteiger partial charge in [-0.3, -0.25) is 28.9 Å². The highest BCUT2D eigenvalue weighted by Gasteiger charge is 2.64. The summed E-state index contributed by atoms with van der Waals surface area (Å²) in [5.74, 6) is -8.54. The number of ketones is 2. The van der Waals surface area contributed by atoms with E-state index in [-0.39, 0.29) is 48.3 Å². The van der Waals surface area contributed by atoms with Crippen molar-refractivity contribution in [2.75, 3.05) is 46.2 Å². The SMILES string of the molecule is CCOC(=O)CNC(=O)c1cccc(-c2cc(N(C)C)c3c(c2O)C(O)=C2C(=O)[C@]4(O)C(O)=C(C(N)=O)C(=O)[C@H](N(C)C)[C@H]4C[C@H]2C3)c1. The molecule has 5 rings (SSSR count). The highest BCUT2D eigenvalue weighted by Crippen LogP contribution is 2.55. The van der Waals surface area contributed by atoms with Crippen molar-refractivity contribution in [1.82, 2.24) is 10.2 Å². The molecule has 48 heavy (non-hydrogen) atoms. The number of aliphatic hydroxyl groups excluding tert-OH is 2. The zero-order valence-electron chi connectivity index (χ0n) is 27.2. The second-order valence-corrected chi connectivity index (χ2v) is 12.6. The molecule has 3 aliphatic rings. The summed E-state index contributed by atoms with van der Waals surface area (Å²) in [6.07, 6.45) is 0.0797. The fraction of sp³-hybridized carbons (Fsp3) is 0.382. The largest absolute Gasteiger partial charge is 0.508 e. The number of hydrogen-bond donors (Lipinski definition) is 6. The average molecular weight is 663 g/mol. The van der Waals surface area contributed by atoms with Crippen LogP contribution in [0.25, 0.3) is 16.9 Å². The number of likely N-dealkylation sites (N-methyl/N-ethyl adjacent to an activating group) is 1. The Morgan fingerprint density at radius 3 is 2.38 bits per heavy atom. The number of phenolic OH excluding ortho intramolecular Hbond substituents is 1. The quantitative estimate of drug-likeness (QED) is 0.172. The second kappa shape index (κ2) is 12.4. The predicted octanol–water partition coefficient (Wildman–Crippen LogP) is 0.990. The van der Waals surface area contributed by atoms with Crippen molar-refractivity contribution in [3.63, 3.8) is 0 Å². The van der Waals surface area contributed by atoms with Gasteiger partial charge in [-0.2, -0.15) is 0 Å². The van der Waals surface area contributed by atoms with E-state index >= 15 is 0 Å². The molecule has 0 spiro atoms. The van der Waals surface area contributed by atoms with Gasteiger partial charge < -0.3 is 41.1 Å². The number of ether oxygens (including phenoxy) is 1. The maximum absolute atomic E-state index is 14.2. The Kier molecular flexibility index (Phi) is 8.84. The van der Waals surface area contributed by atoms with Crippen LogP contribution in [0, 0.1) is 11.8 Å². The van der Waals surface area contributed by atoms with E-state index in [1.807, 2.05) is 0 Å². The molecule has 1 saturated carbocycles. The van der Waals surface area contributed by atoms with Gasteiger partial charge in [0.2, 0.25) is 5.78 Å². The third-order valence-corrected chi connectivity index (χ3v) is 9.31. The number of aliphatic hydroxyl groups is 3. The van der Waals surface area contributed by atoms with Crippen LogP contribution in [-0.4, -0.2) is 108 Å². The van der Waals surface area contributed by atoms with Gasteiger partial charge >= 0.3 is 5.97 Å². The fourth-order valence-electron chi connectivity index (χ4n) is 7.21. The van der Waals surface area contributed by atoms with Gasteiger partial charge in [0.05, 0.1) is 18.2 Å². The molecule has 14 heteroatoms. The molecule has 0 bridgehead atoms. The first-order chi connectivity index (χ1) is 22.6. The van der Waals surface area contributed by atoms with Crippen LogP contribution in [-0.2, 0) is 30.3 Å². The highest BCUT2D eigenvalue weighted by molar-refractivity contribution is 6.24. The number of amides is 2. The molecule has 1 fully saturated rings. The van der Waals surface area contributed by atoms with Crippen molar-refractivity contribution in [2.24, 2.45) is 17.6 Å². The molecule has 3 aliphatic carbocycles. The minimum absolute atomic E-state index is 0.0376. The van der Waals surface area contributed by atoms with Gasteiger partial charge in [0.15, 0.2) is 11.4 Å². The number of anilines is 1. The molecule has 2 amide bonds. The van der Waals surface area contributed by atoms with Gasteiger partial charge in [-0.25, -0.2) is 0 Å². The van der Waals surface area contributed by atoms with Crippen LogP contribution in [0.15, 0.2) is 47.2 Å². The van der Waals surface area contributed by atoms with E-state index in [0.717, 1.165) is 0 Å². The first kappa shape index (κ1) is 34.1. The Bertz CT molecular complexity index is 1830. The van der Waals surface area contributed by atoms with E-state index in [9.17, 15) is 44.4 Å². The van der Waals surface area contributed by atoms with E-state index < -0.39 is 75.7 Å². The van der Waals surface area contributed by atoms with Gasteiger partial charge in [0, 0.05) is 42.4 Å². The van der Waals surface area contributed by atoms with Crippen LogP contribution in [0.2, 0.25) is 0 Å². The number of carbonyl (C=O) groups is 5. The first-order valence-electron chi connectivity index (χ1n) is 15.3. The molecule has 14 nitrogen and oxygen atoms in total. The molecule has 0 radical (unpaired) electrons. The predicted molar refractivity (Wildman–Crippen MR) is 173 cm³/mol. The van der Waals surface area contributed by atoms with Crippen molar-refractivity contribution in [1.29, 1.82) is 0 Å². The number of primary amides is 1. The number of benzene rings is 2. The zero-order valence-corrected chi connectivity index (χ0v) is 27.2. The Balaban J connectivity index is 1.65. The van der Waals surface area contributed by atoms with E-state index in [1.54, 1.807) is 44.1 Å². The van der Waals surface area contributed by atoms with Gasteiger partial charge in [-0.05, 0) is 69.1 Å². The number of nitrogens with two attached hydrogens (primary N) is 1. The average Bonchev–Trinajstić information content (AvgIpc) is 3.01. The Morgan fingerprint density at radius 1 is 1.08 bits per heavy atom. The molecule has 0 saturated heterocycles. The zero-order chi connectivity index (χ0) is 35.4. The van der Waals surface area contributed by atoms with Crippen molar-refractivity contribution in [2.45, 2.75) is 31.4 Å². The van der Waals surface area contributed by atoms with Crippen LogP contribution in [0.4, 0.5) is 5.69 Å². The van der Waals surface area contributed by atoms with Crippen LogP contribution in [0.3, 0.4) is 0 Å². The van der Waals surface area contributed by atoms with Crippen molar-refractivity contribution >= 4 is 40.8 Å². The number of nitrogens with zero attached hydrogens (tertiary/aromatic N) is 2. The van der Waals surface area contributed by atoms with Gasteiger partial charge in [-0.1, -0.05) is 12.1 Å². The molecule has 0 aromatic heterocycles. The summed E-state index contributed by atoms with van der Waals surface area (Å²) in [5, 5.41) is 48.9. The maximum atomic E-state index is 14.2. The maximum Gasteiger partial charge on any atom is 0.325 e. The van der Waals surface area contributed by atoms with Crippen molar-refractivity contribution in [3.8, 4) is 16.9 Å². The summed E-state index contributed by atoms with van der Waals surface area (Å²) in [6, 6.07) is 6.72. The normalized spacial score (nSPS) is 23.4. The summed E-state index contributed by atoms with van der Waals surface area (Å²) in [7, 11) is 6.59. The van der Waals surface area contributed by atoms with E-state index in [1.165, 1.54) is 31.1 Å². The smallest absolute Gasteiger partial charge is 0.325 e. The second-order valence-electron chi connectivity index (χ2n) is 12.6. The van der Waals surface area contributed by atoms with Crippen molar-refractivity contribution < 1.29 is 49.1 Å². The lowest BCUT2D eigenvalue weighted by atomic mass is 9.57. The molecular weight excluding hydrogens is 624 g/mol. The minimum Gasteiger partial charge on any atom is -0.508 e. The number of aromatic hydroxyl groups is 1. The summed E-state index contributed by atoms with van der Waals surface area (Å²) in [6.45, 7) is 1.46. The number of hydrogen-bond acceptors (Lipinski definition) is 12. The van der Waals surface area contributed by atoms with Crippen LogP contribution in [0.5, 0.6) is 5.75 Å². The lowest BCUT2D eigenvalue weighted by Gasteiger charge is -2.50. The highest BCUT2D eigenvalue weighted by atomic mass is 16.5. The Hall–Kier alpha value is -5.21. The lowest BCUT2D eigenvalue weighted by molar-refractivity contribution is -0.153. The molecular formula is C34H38N4O10. The van der Waals surface area contributed by atoms with E-state index in [2.05, 4.69) is 5.32 Å². The van der Waals surface area contributed by atoms with E-state index in [4.69, 9.17) is 10.5 Å². The number of esters is 1. The van der Waals surface area contributed by atoms with Crippen LogP contribution < -0.4 is 16.0 Å². The molecule has 4 atom stereocenters. The molecule has 2 aromatic carbocycles.